The molecule has 84 valence electrons. The predicted molar refractivity (Wildman–Crippen MR) is 69.1 cm³/mol. The first kappa shape index (κ1) is 12.2. The molecule has 2 heteroatoms. The second kappa shape index (κ2) is 6.62. The summed E-state index contributed by atoms with van der Waals surface area (Å²) in [6.45, 7) is 6.35. The average molecular weight is 215 g/mol. The third kappa shape index (κ3) is 4.13. The smallest absolute Gasteiger partial charge is 0.118 e. The fourth-order valence-electron chi connectivity index (χ4n) is 1.13. The zero-order valence-corrected chi connectivity index (χ0v) is 9.81. The minimum absolute atomic E-state index is 0.685. The Hall–Kier alpha value is -1.83. The van der Waals surface area contributed by atoms with Crippen LogP contribution in [0.4, 0.5) is 0 Å². The molecule has 0 aliphatic heterocycles. The molecule has 0 N–H and O–H groups in total. The molecular weight excluding hydrogens is 198 g/mol. The van der Waals surface area contributed by atoms with Crippen LogP contribution in [0.1, 0.15) is 12.5 Å². The number of aliphatic imine (C=N–C) groups is 1. The molecule has 16 heavy (non-hydrogen) atoms. The molecule has 0 saturated carbocycles. The summed E-state index contributed by atoms with van der Waals surface area (Å²) in [4.78, 5) is 4.30. The van der Waals surface area contributed by atoms with Gasteiger partial charge < -0.3 is 4.74 Å². The van der Waals surface area contributed by atoms with Crippen molar-refractivity contribution in [2.45, 2.75) is 13.5 Å². The standard InChI is InChI=1S/C14H17NO/c1-4-12(2)9-10-15-11-13-5-7-14(16-3)8-6-13/h4-10H,1,11H2,2-3H3/b12-9-,15-10+. The van der Waals surface area contributed by atoms with Crippen LogP contribution in [-0.4, -0.2) is 13.3 Å². The van der Waals surface area contributed by atoms with Crippen molar-refractivity contribution in [2.24, 2.45) is 4.99 Å². The third-order valence-corrected chi connectivity index (χ3v) is 2.20. The largest absolute Gasteiger partial charge is 0.497 e. The van der Waals surface area contributed by atoms with Crippen LogP contribution < -0.4 is 4.74 Å². The summed E-state index contributed by atoms with van der Waals surface area (Å²) < 4.78 is 5.08. The van der Waals surface area contributed by atoms with E-state index in [9.17, 15) is 0 Å². The van der Waals surface area contributed by atoms with Gasteiger partial charge in [0.15, 0.2) is 0 Å². The van der Waals surface area contributed by atoms with Crippen molar-refractivity contribution in [1.29, 1.82) is 0 Å². The van der Waals surface area contributed by atoms with E-state index >= 15 is 0 Å². The van der Waals surface area contributed by atoms with Gasteiger partial charge in [-0.1, -0.05) is 30.4 Å². The summed E-state index contributed by atoms with van der Waals surface area (Å²) >= 11 is 0. The predicted octanol–water partition coefficient (Wildman–Crippen LogP) is 3.40. The van der Waals surface area contributed by atoms with Crippen molar-refractivity contribution in [2.75, 3.05) is 7.11 Å². The number of nitrogens with zero attached hydrogens (tertiary/aromatic N) is 1. The van der Waals surface area contributed by atoms with E-state index in [-0.39, 0.29) is 0 Å². The summed E-state index contributed by atoms with van der Waals surface area (Å²) in [7, 11) is 1.66. The van der Waals surface area contributed by atoms with E-state index < -0.39 is 0 Å². The lowest BCUT2D eigenvalue weighted by atomic mass is 10.2. The van der Waals surface area contributed by atoms with E-state index in [4.69, 9.17) is 4.74 Å². The highest BCUT2D eigenvalue weighted by atomic mass is 16.5. The van der Waals surface area contributed by atoms with E-state index in [2.05, 4.69) is 11.6 Å². The van der Waals surface area contributed by atoms with Crippen LogP contribution in [-0.2, 0) is 6.54 Å². The lowest BCUT2D eigenvalue weighted by Crippen LogP contribution is -1.85. The van der Waals surface area contributed by atoms with Gasteiger partial charge in [-0.25, -0.2) is 0 Å². The monoisotopic (exact) mass is 215 g/mol. The number of rotatable bonds is 5. The molecule has 0 amide bonds. The van der Waals surface area contributed by atoms with Gasteiger partial charge in [0.1, 0.15) is 5.75 Å². The van der Waals surface area contributed by atoms with Crippen molar-refractivity contribution in [3.8, 4) is 5.75 Å². The van der Waals surface area contributed by atoms with Gasteiger partial charge in [0, 0.05) is 6.21 Å². The summed E-state index contributed by atoms with van der Waals surface area (Å²) in [5, 5.41) is 0. The van der Waals surface area contributed by atoms with E-state index in [1.807, 2.05) is 37.3 Å². The van der Waals surface area contributed by atoms with Crippen molar-refractivity contribution in [1.82, 2.24) is 0 Å². The number of hydrogen-bond donors (Lipinski definition) is 0. The lowest BCUT2D eigenvalue weighted by Gasteiger charge is -2.00. The van der Waals surface area contributed by atoms with Gasteiger partial charge in [-0.05, 0) is 30.7 Å². The number of benzene rings is 1. The Morgan fingerprint density at radius 1 is 1.38 bits per heavy atom. The lowest BCUT2D eigenvalue weighted by molar-refractivity contribution is 0.414. The van der Waals surface area contributed by atoms with E-state index in [1.165, 1.54) is 5.56 Å². The molecule has 0 saturated heterocycles. The van der Waals surface area contributed by atoms with Crippen LogP contribution in [0.5, 0.6) is 5.75 Å². The van der Waals surface area contributed by atoms with Crippen LogP contribution in [0.25, 0.3) is 0 Å². The highest BCUT2D eigenvalue weighted by molar-refractivity contribution is 5.72. The van der Waals surface area contributed by atoms with Crippen molar-refractivity contribution < 1.29 is 4.74 Å². The van der Waals surface area contributed by atoms with Gasteiger partial charge in [0.2, 0.25) is 0 Å². The molecule has 0 heterocycles. The summed E-state index contributed by atoms with van der Waals surface area (Å²) in [6, 6.07) is 7.91. The molecule has 1 aromatic carbocycles. The highest BCUT2D eigenvalue weighted by Gasteiger charge is 1.91. The van der Waals surface area contributed by atoms with Gasteiger partial charge in [0.25, 0.3) is 0 Å². The van der Waals surface area contributed by atoms with Crippen LogP contribution >= 0.6 is 0 Å². The van der Waals surface area contributed by atoms with Crippen LogP contribution in [0.2, 0.25) is 0 Å². The van der Waals surface area contributed by atoms with E-state index in [0.29, 0.717) is 6.54 Å². The quantitative estimate of drug-likeness (QED) is 0.545. The molecular formula is C14H17NO. The molecule has 0 unspecified atom stereocenters. The molecule has 0 radical (unpaired) electrons. The van der Waals surface area contributed by atoms with Gasteiger partial charge >= 0.3 is 0 Å². The molecule has 0 aromatic heterocycles. The van der Waals surface area contributed by atoms with E-state index in [0.717, 1.165) is 11.3 Å². The maximum atomic E-state index is 5.08. The van der Waals surface area contributed by atoms with Crippen LogP contribution in [0, 0.1) is 0 Å². The van der Waals surface area contributed by atoms with Gasteiger partial charge in [-0.2, -0.15) is 0 Å². The maximum Gasteiger partial charge on any atom is 0.118 e. The second-order valence-corrected chi connectivity index (χ2v) is 3.45. The molecule has 1 rings (SSSR count). The molecule has 0 fully saturated rings. The summed E-state index contributed by atoms with van der Waals surface area (Å²) in [5.41, 5.74) is 2.28. The molecule has 0 aliphatic carbocycles. The number of hydrogen-bond acceptors (Lipinski definition) is 2. The molecule has 0 aliphatic rings. The minimum Gasteiger partial charge on any atom is -0.497 e. The minimum atomic E-state index is 0.685. The summed E-state index contributed by atoms with van der Waals surface area (Å²) in [6.07, 6.45) is 5.55. The Morgan fingerprint density at radius 3 is 2.62 bits per heavy atom. The highest BCUT2D eigenvalue weighted by Crippen LogP contribution is 2.11. The second-order valence-electron chi connectivity index (χ2n) is 3.45. The zero-order chi connectivity index (χ0) is 11.8. The van der Waals surface area contributed by atoms with Crippen molar-refractivity contribution in [3.05, 3.63) is 54.1 Å². The van der Waals surface area contributed by atoms with E-state index in [1.54, 1.807) is 19.4 Å². The first-order valence-corrected chi connectivity index (χ1v) is 5.18. The SMILES string of the molecule is C=C/C(C)=C\C=N\Cc1ccc(OC)cc1. The normalized spacial score (nSPS) is 11.8. The van der Waals surface area contributed by atoms with Gasteiger partial charge in [-0.3, -0.25) is 4.99 Å². The zero-order valence-electron chi connectivity index (χ0n) is 9.81. The molecule has 0 bridgehead atoms. The third-order valence-electron chi connectivity index (χ3n) is 2.20. The van der Waals surface area contributed by atoms with Gasteiger partial charge in [0.05, 0.1) is 13.7 Å². The Labute approximate surface area is 97.0 Å². The average Bonchev–Trinajstić information content (AvgIpc) is 2.35. The molecule has 1 aromatic rings. The first-order valence-electron chi connectivity index (χ1n) is 5.18. The Bertz CT molecular complexity index is 388. The Balaban J connectivity index is 2.51. The van der Waals surface area contributed by atoms with Crippen molar-refractivity contribution >= 4 is 6.21 Å². The fourth-order valence-corrected chi connectivity index (χ4v) is 1.13. The molecule has 2 nitrogen and oxygen atoms in total. The topological polar surface area (TPSA) is 21.6 Å². The first-order chi connectivity index (χ1) is 7.76. The Kier molecular flexibility index (Phi) is 5.06. The number of allylic oxidation sites excluding steroid dienone is 3. The number of methoxy groups -OCH3 is 1. The fraction of sp³-hybridized carbons (Fsp3) is 0.214. The molecule has 0 spiro atoms. The number of ether oxygens (including phenoxy) is 1. The Morgan fingerprint density at radius 2 is 2.06 bits per heavy atom. The maximum absolute atomic E-state index is 5.08. The summed E-state index contributed by atoms with van der Waals surface area (Å²) in [5.74, 6) is 0.870. The molecule has 0 atom stereocenters. The van der Waals surface area contributed by atoms with Gasteiger partial charge in [-0.15, -0.1) is 0 Å². The van der Waals surface area contributed by atoms with Crippen LogP contribution in [0.3, 0.4) is 0 Å². The van der Waals surface area contributed by atoms with Crippen LogP contribution in [0.15, 0.2) is 53.6 Å². The van der Waals surface area contributed by atoms with Crippen molar-refractivity contribution in [3.63, 3.8) is 0 Å².